The second kappa shape index (κ2) is 8.84. The number of esters is 1. The minimum absolute atomic E-state index is 0.0445. The molecule has 1 amide bonds. The number of hydrogen-bond acceptors (Lipinski definition) is 8. The highest BCUT2D eigenvalue weighted by Crippen LogP contribution is 2.22. The molecule has 0 unspecified atom stereocenters. The maximum Gasteiger partial charge on any atom is 0.341 e. The Morgan fingerprint density at radius 3 is 2.59 bits per heavy atom. The Morgan fingerprint density at radius 1 is 1.25 bits per heavy atom. The Morgan fingerprint density at radius 2 is 1.94 bits per heavy atom. The number of amides is 1. The van der Waals surface area contributed by atoms with Crippen LogP contribution in [0.25, 0.3) is 5.69 Å². The van der Waals surface area contributed by atoms with E-state index in [1.54, 1.807) is 19.9 Å². The molecule has 166 valence electrons. The van der Waals surface area contributed by atoms with E-state index in [1.807, 2.05) is 0 Å². The summed E-state index contributed by atoms with van der Waals surface area (Å²) in [6.07, 6.45) is 0. The molecule has 32 heavy (non-hydrogen) atoms. The van der Waals surface area contributed by atoms with Crippen LogP contribution in [-0.4, -0.2) is 45.6 Å². The summed E-state index contributed by atoms with van der Waals surface area (Å²) in [5.74, 6) is -0.639. The molecular formula is C21H20N4O7. The van der Waals surface area contributed by atoms with E-state index >= 15 is 0 Å². The number of methoxy groups -OCH3 is 1. The number of ether oxygens (including phenoxy) is 1. The number of aromatic nitrogens is 2. The van der Waals surface area contributed by atoms with Crippen molar-refractivity contribution in [3.63, 3.8) is 0 Å². The van der Waals surface area contributed by atoms with Crippen molar-refractivity contribution in [1.82, 2.24) is 14.7 Å². The second-order valence-electron chi connectivity index (χ2n) is 6.99. The molecule has 0 saturated heterocycles. The number of benzene rings is 1. The highest BCUT2D eigenvalue weighted by molar-refractivity contribution is 5.92. The molecule has 1 aromatic carbocycles. The fourth-order valence-electron chi connectivity index (χ4n) is 3.16. The Bertz CT molecular complexity index is 1280. The molecule has 2 heterocycles. The average Bonchev–Trinajstić information content (AvgIpc) is 3.12. The number of nitro groups is 1. The molecule has 0 bridgehead atoms. The molecule has 11 nitrogen and oxygen atoms in total. The first kappa shape index (κ1) is 22.4. The first-order valence-electron chi connectivity index (χ1n) is 9.42. The standard InChI is InChI=1S/C21H20N4O7/c1-12-9-18(26)19(22-24(12)16-7-5-6-8-17(16)25(29)30)20(27)23(3)11-14-10-15(13(2)32-14)21(28)31-4/h5-10H,11H2,1-4H3. The molecule has 0 N–H and O–H groups in total. The van der Waals surface area contributed by atoms with Gasteiger partial charge in [-0.15, -0.1) is 0 Å². The molecule has 0 aliphatic rings. The van der Waals surface area contributed by atoms with Gasteiger partial charge in [0.25, 0.3) is 11.6 Å². The van der Waals surface area contributed by atoms with Gasteiger partial charge in [-0.05, 0) is 26.0 Å². The fourth-order valence-corrected chi connectivity index (χ4v) is 3.16. The minimum Gasteiger partial charge on any atom is -0.465 e. The summed E-state index contributed by atoms with van der Waals surface area (Å²) >= 11 is 0. The lowest BCUT2D eigenvalue weighted by atomic mass is 10.2. The molecule has 0 atom stereocenters. The van der Waals surface area contributed by atoms with Crippen LogP contribution in [0.4, 0.5) is 5.69 Å². The molecular weight excluding hydrogens is 420 g/mol. The van der Waals surface area contributed by atoms with Gasteiger partial charge >= 0.3 is 5.97 Å². The molecule has 0 aliphatic heterocycles. The van der Waals surface area contributed by atoms with Gasteiger partial charge in [0.2, 0.25) is 5.43 Å². The van der Waals surface area contributed by atoms with E-state index in [1.165, 1.54) is 54.1 Å². The van der Waals surface area contributed by atoms with Crippen molar-refractivity contribution in [2.24, 2.45) is 0 Å². The number of furan rings is 1. The van der Waals surface area contributed by atoms with Gasteiger partial charge < -0.3 is 14.1 Å². The molecule has 2 aromatic heterocycles. The van der Waals surface area contributed by atoms with Crippen molar-refractivity contribution in [2.45, 2.75) is 20.4 Å². The summed E-state index contributed by atoms with van der Waals surface area (Å²) in [6, 6.07) is 8.53. The lowest BCUT2D eigenvalue weighted by Crippen LogP contribution is -2.33. The van der Waals surface area contributed by atoms with Crippen LogP contribution in [0.1, 0.15) is 38.1 Å². The van der Waals surface area contributed by atoms with E-state index in [9.17, 15) is 24.5 Å². The normalized spacial score (nSPS) is 10.6. The van der Waals surface area contributed by atoms with E-state index in [4.69, 9.17) is 4.42 Å². The highest BCUT2D eigenvalue weighted by Gasteiger charge is 2.24. The van der Waals surface area contributed by atoms with E-state index in [2.05, 4.69) is 9.84 Å². The maximum atomic E-state index is 12.9. The quantitative estimate of drug-likeness (QED) is 0.324. The Hall–Kier alpha value is -4.28. The van der Waals surface area contributed by atoms with Gasteiger partial charge in [-0.1, -0.05) is 12.1 Å². The average molecular weight is 440 g/mol. The van der Waals surface area contributed by atoms with Gasteiger partial charge in [0, 0.05) is 24.9 Å². The van der Waals surface area contributed by atoms with Crippen LogP contribution in [0.15, 0.2) is 45.6 Å². The van der Waals surface area contributed by atoms with Crippen LogP contribution in [0, 0.1) is 24.0 Å². The zero-order valence-electron chi connectivity index (χ0n) is 17.8. The monoisotopic (exact) mass is 440 g/mol. The smallest absolute Gasteiger partial charge is 0.341 e. The van der Waals surface area contributed by atoms with Crippen LogP contribution in [0.5, 0.6) is 0 Å². The molecule has 0 aliphatic carbocycles. The number of carbonyl (C=O) groups excluding carboxylic acids is 2. The topological polar surface area (TPSA) is 138 Å². The van der Waals surface area contributed by atoms with Gasteiger partial charge in [-0.3, -0.25) is 19.7 Å². The molecule has 0 spiro atoms. The zero-order chi connectivity index (χ0) is 23.6. The van der Waals surface area contributed by atoms with Crippen LogP contribution < -0.4 is 5.43 Å². The Balaban J connectivity index is 1.96. The minimum atomic E-state index is -0.712. The number of hydrogen-bond donors (Lipinski definition) is 0. The Kier molecular flexibility index (Phi) is 6.19. The van der Waals surface area contributed by atoms with Crippen LogP contribution in [0.2, 0.25) is 0 Å². The van der Waals surface area contributed by atoms with E-state index in [0.29, 0.717) is 17.2 Å². The third-order valence-electron chi connectivity index (χ3n) is 4.73. The summed E-state index contributed by atoms with van der Waals surface area (Å²) in [7, 11) is 2.68. The third-order valence-corrected chi connectivity index (χ3v) is 4.73. The molecule has 0 radical (unpaired) electrons. The van der Waals surface area contributed by atoms with Gasteiger partial charge in [-0.2, -0.15) is 5.10 Å². The predicted molar refractivity (Wildman–Crippen MR) is 112 cm³/mol. The number of nitro benzene ring substituents is 1. The van der Waals surface area contributed by atoms with Crippen molar-refractivity contribution in [3.05, 3.63) is 85.2 Å². The van der Waals surface area contributed by atoms with Crippen molar-refractivity contribution >= 4 is 17.6 Å². The Labute approximate surface area is 182 Å². The lowest BCUT2D eigenvalue weighted by Gasteiger charge is -2.16. The van der Waals surface area contributed by atoms with Crippen LogP contribution >= 0.6 is 0 Å². The van der Waals surface area contributed by atoms with Crippen LogP contribution in [-0.2, 0) is 11.3 Å². The number of carbonyl (C=O) groups is 2. The second-order valence-corrected chi connectivity index (χ2v) is 6.99. The molecule has 0 saturated carbocycles. The molecule has 11 heteroatoms. The first-order chi connectivity index (χ1) is 15.1. The summed E-state index contributed by atoms with van der Waals surface area (Å²) in [5, 5.41) is 15.5. The van der Waals surface area contributed by atoms with Gasteiger partial charge in [0.05, 0.1) is 18.6 Å². The van der Waals surface area contributed by atoms with Crippen molar-refractivity contribution in [2.75, 3.05) is 14.2 Å². The molecule has 3 rings (SSSR count). The zero-order valence-corrected chi connectivity index (χ0v) is 17.8. The van der Waals surface area contributed by atoms with Crippen molar-refractivity contribution in [3.8, 4) is 5.69 Å². The molecule has 3 aromatic rings. The highest BCUT2D eigenvalue weighted by atomic mass is 16.6. The van der Waals surface area contributed by atoms with Crippen LogP contribution in [0.3, 0.4) is 0 Å². The number of nitrogens with zero attached hydrogens (tertiary/aromatic N) is 4. The number of aryl methyl sites for hydroxylation is 2. The van der Waals surface area contributed by atoms with E-state index in [0.717, 1.165) is 0 Å². The summed E-state index contributed by atoms with van der Waals surface area (Å²) in [5.41, 5.74) is -0.577. The summed E-state index contributed by atoms with van der Waals surface area (Å²) in [6.45, 7) is 3.10. The third kappa shape index (κ3) is 4.26. The maximum absolute atomic E-state index is 12.9. The van der Waals surface area contributed by atoms with Gasteiger partial charge in [0.1, 0.15) is 22.8 Å². The number of rotatable bonds is 6. The first-order valence-corrected chi connectivity index (χ1v) is 9.42. The largest absolute Gasteiger partial charge is 0.465 e. The van der Waals surface area contributed by atoms with Crippen molar-refractivity contribution in [1.29, 1.82) is 0 Å². The van der Waals surface area contributed by atoms with Gasteiger partial charge in [0.15, 0.2) is 5.69 Å². The van der Waals surface area contributed by atoms with E-state index < -0.39 is 27.9 Å². The van der Waals surface area contributed by atoms with Gasteiger partial charge in [-0.25, -0.2) is 9.48 Å². The summed E-state index contributed by atoms with van der Waals surface area (Å²) < 4.78 is 11.4. The SMILES string of the molecule is COC(=O)c1cc(CN(C)C(=O)c2nn(-c3ccccc3[N+](=O)[O-])c(C)cc2=O)oc1C. The predicted octanol–water partition coefficient (Wildman–Crippen LogP) is 2.41. The fraction of sp³-hybridized carbons (Fsp3) is 0.238. The summed E-state index contributed by atoms with van der Waals surface area (Å²) in [4.78, 5) is 49.2. The number of para-hydroxylation sites is 2. The van der Waals surface area contributed by atoms with E-state index in [-0.39, 0.29) is 23.5 Å². The van der Waals surface area contributed by atoms with Crippen molar-refractivity contribution < 1.29 is 23.7 Å². The molecule has 0 fully saturated rings. The lowest BCUT2D eigenvalue weighted by molar-refractivity contribution is -0.384.